The topological polar surface area (TPSA) is 55.9 Å². The van der Waals surface area contributed by atoms with E-state index in [0.717, 1.165) is 16.9 Å². The Morgan fingerprint density at radius 2 is 2.19 bits per heavy atom. The van der Waals surface area contributed by atoms with Crippen LogP contribution in [0.15, 0.2) is 41.8 Å². The van der Waals surface area contributed by atoms with Crippen LogP contribution in [0.3, 0.4) is 0 Å². The molecule has 3 N–H and O–H groups in total. The maximum Gasteiger partial charge on any atom is 0.207 e. The maximum absolute atomic E-state index is 5.92. The van der Waals surface area contributed by atoms with Gasteiger partial charge < -0.3 is 10.5 Å². The molecule has 16 heavy (non-hydrogen) atoms. The van der Waals surface area contributed by atoms with Crippen molar-refractivity contribution in [2.75, 3.05) is 5.73 Å². The largest absolute Gasteiger partial charge is 0.369 e. The molecule has 0 amide bonds. The Kier molecular flexibility index (Phi) is 2.11. The van der Waals surface area contributed by atoms with E-state index in [1.54, 1.807) is 0 Å². The van der Waals surface area contributed by atoms with E-state index in [1.165, 1.54) is 11.9 Å². The van der Waals surface area contributed by atoms with Gasteiger partial charge in [0.1, 0.15) is 5.82 Å². The van der Waals surface area contributed by atoms with E-state index >= 15 is 0 Å². The van der Waals surface area contributed by atoms with Crippen molar-refractivity contribution in [1.82, 2.24) is 14.3 Å². The molecule has 0 saturated heterocycles. The molecule has 0 saturated carbocycles. The number of benzene rings is 1. The second kappa shape index (κ2) is 3.61. The van der Waals surface area contributed by atoms with E-state index in [4.69, 9.17) is 5.73 Å². The summed E-state index contributed by atoms with van der Waals surface area (Å²) in [6.07, 6.45) is 3.95. The molecule has 1 aromatic carbocycles. The number of nitrogen functional groups attached to an aromatic ring is 1. The van der Waals surface area contributed by atoms with Crippen molar-refractivity contribution < 1.29 is 0 Å². The quantitative estimate of drug-likeness (QED) is 0.737. The third-order valence-corrected chi connectivity index (χ3v) is 3.01. The second-order valence-corrected chi connectivity index (χ2v) is 4.11. The van der Waals surface area contributed by atoms with Crippen LogP contribution in [0.2, 0.25) is 0 Å². The summed E-state index contributed by atoms with van der Waals surface area (Å²) in [4.78, 5) is 4.31. The van der Waals surface area contributed by atoms with Crippen molar-refractivity contribution in [1.29, 1.82) is 0 Å². The Labute approximate surface area is 97.0 Å². The first kappa shape index (κ1) is 9.35. The summed E-state index contributed by atoms with van der Waals surface area (Å²) in [7, 11) is 0. The molecule has 0 aliphatic carbocycles. The fraction of sp³-hybridized carbons (Fsp3) is 0. The van der Waals surface area contributed by atoms with Gasteiger partial charge in [-0.1, -0.05) is 18.2 Å². The number of allylic oxidation sites excluding steroid dienone is 2. The molecule has 5 heteroatoms. The number of para-hydroxylation sites is 2. The number of hydrogen-bond donors (Lipinski definition) is 2. The molecule has 4 nitrogen and oxygen atoms in total. The minimum atomic E-state index is 0.496. The molecule has 80 valence electrons. The van der Waals surface area contributed by atoms with Crippen LogP contribution in [-0.2, 0) is 0 Å². The zero-order chi connectivity index (χ0) is 11.0. The molecule has 0 atom stereocenters. The Balaban J connectivity index is 2.26. The SMILES string of the molecule is Nc1nc2ccccc2n1C1=CC=CSN1. The molecule has 0 unspecified atom stereocenters. The molecule has 2 aromatic rings. The van der Waals surface area contributed by atoms with Crippen molar-refractivity contribution in [3.8, 4) is 0 Å². The van der Waals surface area contributed by atoms with Crippen LogP contribution < -0.4 is 10.5 Å². The van der Waals surface area contributed by atoms with E-state index in [0.29, 0.717) is 5.95 Å². The lowest BCUT2D eigenvalue weighted by Gasteiger charge is -2.13. The minimum Gasteiger partial charge on any atom is -0.369 e. The number of nitrogens with one attached hydrogen (secondary N) is 1. The third-order valence-electron chi connectivity index (χ3n) is 2.39. The first-order chi connectivity index (χ1) is 7.86. The predicted octanol–water partition coefficient (Wildman–Crippen LogP) is 2.18. The molecule has 0 fully saturated rings. The number of rotatable bonds is 1. The van der Waals surface area contributed by atoms with Gasteiger partial charge in [0.2, 0.25) is 5.95 Å². The van der Waals surface area contributed by atoms with E-state index in [9.17, 15) is 0 Å². The molecular formula is C11H10N4S. The highest BCUT2D eigenvalue weighted by Gasteiger charge is 2.11. The number of hydrogen-bond acceptors (Lipinski definition) is 4. The van der Waals surface area contributed by atoms with Crippen LogP contribution in [0.25, 0.3) is 16.9 Å². The first-order valence-electron chi connectivity index (χ1n) is 4.88. The Hall–Kier alpha value is -1.88. The molecule has 2 heterocycles. The van der Waals surface area contributed by atoms with Crippen molar-refractivity contribution in [3.63, 3.8) is 0 Å². The first-order valence-corrected chi connectivity index (χ1v) is 5.76. The van der Waals surface area contributed by atoms with Gasteiger partial charge in [0.05, 0.1) is 11.0 Å². The van der Waals surface area contributed by atoms with Gasteiger partial charge in [0.25, 0.3) is 0 Å². The summed E-state index contributed by atoms with van der Waals surface area (Å²) in [6.45, 7) is 0. The minimum absolute atomic E-state index is 0.496. The molecule has 3 rings (SSSR count). The highest BCUT2D eigenvalue weighted by Crippen LogP contribution is 2.23. The van der Waals surface area contributed by atoms with Gasteiger partial charge in [-0.2, -0.15) is 0 Å². The summed E-state index contributed by atoms with van der Waals surface area (Å²) < 4.78 is 5.10. The van der Waals surface area contributed by atoms with Crippen molar-refractivity contribution >= 4 is 34.8 Å². The fourth-order valence-corrected chi connectivity index (χ4v) is 2.22. The summed E-state index contributed by atoms with van der Waals surface area (Å²) in [6, 6.07) is 7.89. The van der Waals surface area contributed by atoms with E-state index in [2.05, 4.69) is 9.71 Å². The molecule has 1 aliphatic rings. The van der Waals surface area contributed by atoms with Crippen molar-refractivity contribution in [2.45, 2.75) is 0 Å². The zero-order valence-electron chi connectivity index (χ0n) is 8.42. The maximum atomic E-state index is 5.92. The number of nitrogens with zero attached hydrogens (tertiary/aromatic N) is 2. The number of fused-ring (bicyclic) bond motifs is 1. The van der Waals surface area contributed by atoms with Crippen LogP contribution in [0.1, 0.15) is 0 Å². The molecular weight excluding hydrogens is 220 g/mol. The predicted molar refractivity (Wildman–Crippen MR) is 68.3 cm³/mol. The summed E-state index contributed by atoms with van der Waals surface area (Å²) in [5.41, 5.74) is 7.84. The van der Waals surface area contributed by atoms with Crippen molar-refractivity contribution in [3.05, 3.63) is 41.8 Å². The lowest BCUT2D eigenvalue weighted by molar-refractivity contribution is 1.08. The lowest BCUT2D eigenvalue weighted by Crippen LogP contribution is -2.13. The average Bonchev–Trinajstić information content (AvgIpc) is 2.66. The van der Waals surface area contributed by atoms with E-state index < -0.39 is 0 Å². The van der Waals surface area contributed by atoms with E-state index in [1.807, 2.05) is 46.4 Å². The van der Waals surface area contributed by atoms with Crippen LogP contribution in [-0.4, -0.2) is 9.55 Å². The molecule has 0 bridgehead atoms. The molecule has 0 radical (unpaired) electrons. The second-order valence-electron chi connectivity index (χ2n) is 3.39. The van der Waals surface area contributed by atoms with Crippen LogP contribution in [0, 0.1) is 0 Å². The van der Waals surface area contributed by atoms with Crippen LogP contribution >= 0.6 is 11.9 Å². The smallest absolute Gasteiger partial charge is 0.207 e. The molecule has 1 aromatic heterocycles. The van der Waals surface area contributed by atoms with Crippen LogP contribution in [0.5, 0.6) is 0 Å². The van der Waals surface area contributed by atoms with Gasteiger partial charge in [0.15, 0.2) is 0 Å². The number of aromatic nitrogens is 2. The van der Waals surface area contributed by atoms with Crippen LogP contribution in [0.4, 0.5) is 5.95 Å². The van der Waals surface area contributed by atoms with Gasteiger partial charge in [-0.3, -0.25) is 4.57 Å². The number of imidazole rings is 1. The molecule has 1 aliphatic heterocycles. The van der Waals surface area contributed by atoms with E-state index in [-0.39, 0.29) is 0 Å². The highest BCUT2D eigenvalue weighted by atomic mass is 32.2. The Bertz CT molecular complexity index is 597. The average molecular weight is 230 g/mol. The summed E-state index contributed by atoms with van der Waals surface area (Å²) >= 11 is 1.52. The summed E-state index contributed by atoms with van der Waals surface area (Å²) in [5, 5.41) is 1.97. The summed E-state index contributed by atoms with van der Waals surface area (Å²) in [5.74, 6) is 1.43. The van der Waals surface area contributed by atoms with Gasteiger partial charge in [-0.15, -0.1) is 0 Å². The van der Waals surface area contributed by atoms with Crippen molar-refractivity contribution in [2.24, 2.45) is 0 Å². The van der Waals surface area contributed by atoms with Gasteiger partial charge in [0, 0.05) is 0 Å². The Morgan fingerprint density at radius 3 is 3.00 bits per heavy atom. The van der Waals surface area contributed by atoms with Gasteiger partial charge >= 0.3 is 0 Å². The Morgan fingerprint density at radius 1 is 1.31 bits per heavy atom. The fourth-order valence-electron chi connectivity index (χ4n) is 1.72. The zero-order valence-corrected chi connectivity index (χ0v) is 9.24. The number of nitrogens with two attached hydrogens (primary N) is 1. The highest BCUT2D eigenvalue weighted by molar-refractivity contribution is 8.00. The standard InChI is InChI=1S/C11H10N4S/c12-11-13-8-4-1-2-5-9(8)15(11)10-6-3-7-16-14-10/h1-7,14H,(H2,12,13). The van der Waals surface area contributed by atoms with Gasteiger partial charge in [-0.25, -0.2) is 4.98 Å². The molecule has 0 spiro atoms. The normalized spacial score (nSPS) is 14.9. The monoisotopic (exact) mass is 230 g/mol. The third kappa shape index (κ3) is 1.37. The van der Waals surface area contributed by atoms with Gasteiger partial charge in [-0.05, 0) is 35.6 Å². The lowest BCUT2D eigenvalue weighted by atomic mass is 10.3. The number of anilines is 1.